The second kappa shape index (κ2) is 7.57. The SMILES string of the molecule is CC[C@@H](N(Cc1ccccc1)Cc1ccccc1)C(C)(C)O. The third-order valence-corrected chi connectivity index (χ3v) is 4.10. The van der Waals surface area contributed by atoms with Crippen molar-refractivity contribution >= 4 is 0 Å². The first-order chi connectivity index (χ1) is 10.5. The molecule has 0 saturated carbocycles. The van der Waals surface area contributed by atoms with Crippen LogP contribution in [0.2, 0.25) is 0 Å². The Hall–Kier alpha value is -1.64. The number of rotatable bonds is 7. The second-order valence-corrected chi connectivity index (χ2v) is 6.45. The van der Waals surface area contributed by atoms with Gasteiger partial charge in [-0.1, -0.05) is 67.6 Å². The summed E-state index contributed by atoms with van der Waals surface area (Å²) in [5.74, 6) is 0. The third kappa shape index (κ3) is 4.69. The van der Waals surface area contributed by atoms with Gasteiger partial charge in [0, 0.05) is 19.1 Å². The van der Waals surface area contributed by atoms with Crippen LogP contribution in [0, 0.1) is 0 Å². The predicted octanol–water partition coefficient (Wildman–Crippen LogP) is 4.24. The van der Waals surface area contributed by atoms with Gasteiger partial charge in [-0.3, -0.25) is 4.90 Å². The first kappa shape index (κ1) is 16.7. The molecular formula is C20H27NO. The quantitative estimate of drug-likeness (QED) is 0.826. The Bertz CT molecular complexity index is 503. The molecule has 0 saturated heterocycles. The minimum absolute atomic E-state index is 0.118. The Kier molecular flexibility index (Phi) is 5.76. The molecule has 0 bridgehead atoms. The fourth-order valence-electron chi connectivity index (χ4n) is 3.12. The van der Waals surface area contributed by atoms with E-state index < -0.39 is 5.60 Å². The maximum Gasteiger partial charge on any atom is 0.0746 e. The van der Waals surface area contributed by atoms with E-state index in [-0.39, 0.29) is 6.04 Å². The molecule has 1 N–H and O–H groups in total. The summed E-state index contributed by atoms with van der Waals surface area (Å²) in [5.41, 5.74) is 1.83. The van der Waals surface area contributed by atoms with Crippen LogP contribution in [0.1, 0.15) is 38.3 Å². The van der Waals surface area contributed by atoms with Crippen LogP contribution < -0.4 is 0 Å². The molecule has 0 amide bonds. The molecule has 0 spiro atoms. The van der Waals surface area contributed by atoms with Gasteiger partial charge in [-0.15, -0.1) is 0 Å². The molecule has 1 atom stereocenters. The van der Waals surface area contributed by atoms with E-state index in [1.807, 2.05) is 26.0 Å². The summed E-state index contributed by atoms with van der Waals surface area (Å²) in [6.07, 6.45) is 0.920. The van der Waals surface area contributed by atoms with Crippen LogP contribution in [-0.2, 0) is 13.1 Å². The highest BCUT2D eigenvalue weighted by Gasteiger charge is 2.30. The van der Waals surface area contributed by atoms with Gasteiger partial charge in [0.25, 0.3) is 0 Å². The maximum atomic E-state index is 10.6. The molecule has 0 aliphatic rings. The van der Waals surface area contributed by atoms with Crippen molar-refractivity contribution in [2.75, 3.05) is 0 Å². The van der Waals surface area contributed by atoms with E-state index in [0.29, 0.717) is 0 Å². The zero-order valence-corrected chi connectivity index (χ0v) is 13.9. The summed E-state index contributed by atoms with van der Waals surface area (Å²) in [6.45, 7) is 7.65. The minimum atomic E-state index is -0.724. The van der Waals surface area contributed by atoms with E-state index in [9.17, 15) is 5.11 Å². The molecule has 2 aromatic rings. The van der Waals surface area contributed by atoms with Gasteiger partial charge in [-0.25, -0.2) is 0 Å². The largest absolute Gasteiger partial charge is 0.389 e. The maximum absolute atomic E-state index is 10.6. The van der Waals surface area contributed by atoms with Crippen LogP contribution in [0.3, 0.4) is 0 Å². The summed E-state index contributed by atoms with van der Waals surface area (Å²) < 4.78 is 0. The van der Waals surface area contributed by atoms with Crippen LogP contribution in [-0.4, -0.2) is 21.6 Å². The Morgan fingerprint density at radius 2 is 1.27 bits per heavy atom. The van der Waals surface area contributed by atoms with Crippen molar-refractivity contribution in [2.24, 2.45) is 0 Å². The zero-order chi connectivity index (χ0) is 16.0. The topological polar surface area (TPSA) is 23.5 Å². The van der Waals surface area contributed by atoms with E-state index in [1.165, 1.54) is 11.1 Å². The van der Waals surface area contributed by atoms with Crippen molar-refractivity contribution in [3.05, 3.63) is 71.8 Å². The molecule has 0 aliphatic heterocycles. The van der Waals surface area contributed by atoms with Gasteiger partial charge in [0.2, 0.25) is 0 Å². The molecule has 2 aromatic carbocycles. The van der Waals surface area contributed by atoms with Crippen LogP contribution >= 0.6 is 0 Å². The Balaban J connectivity index is 2.23. The molecule has 0 aromatic heterocycles. The van der Waals surface area contributed by atoms with E-state index >= 15 is 0 Å². The summed E-state index contributed by atoms with van der Waals surface area (Å²) >= 11 is 0. The number of aliphatic hydroxyl groups is 1. The van der Waals surface area contributed by atoms with Crippen molar-refractivity contribution < 1.29 is 5.11 Å². The molecule has 0 radical (unpaired) electrons. The number of hydrogen-bond acceptors (Lipinski definition) is 2. The lowest BCUT2D eigenvalue weighted by molar-refractivity contribution is -0.0285. The summed E-state index contributed by atoms with van der Waals surface area (Å²) in [6, 6.07) is 21.1. The van der Waals surface area contributed by atoms with Gasteiger partial charge >= 0.3 is 0 Å². The lowest BCUT2D eigenvalue weighted by Gasteiger charge is -2.39. The standard InChI is InChI=1S/C20H27NO/c1-4-19(20(2,3)22)21(15-17-11-7-5-8-12-17)16-18-13-9-6-10-14-18/h5-14,19,22H,4,15-16H2,1-3H3/t19-/m1/s1. The van der Waals surface area contributed by atoms with Crippen molar-refractivity contribution in [1.29, 1.82) is 0 Å². The monoisotopic (exact) mass is 297 g/mol. The van der Waals surface area contributed by atoms with Crippen molar-refractivity contribution in [3.63, 3.8) is 0 Å². The van der Waals surface area contributed by atoms with Gasteiger partial charge in [-0.2, -0.15) is 0 Å². The van der Waals surface area contributed by atoms with E-state index in [4.69, 9.17) is 0 Å². The van der Waals surface area contributed by atoms with Gasteiger partial charge in [-0.05, 0) is 31.4 Å². The van der Waals surface area contributed by atoms with Crippen LogP contribution in [0.25, 0.3) is 0 Å². The highest BCUT2D eigenvalue weighted by molar-refractivity contribution is 5.17. The predicted molar refractivity (Wildman–Crippen MR) is 92.5 cm³/mol. The first-order valence-electron chi connectivity index (χ1n) is 8.05. The van der Waals surface area contributed by atoms with Crippen molar-refractivity contribution in [3.8, 4) is 0 Å². The molecule has 2 rings (SSSR count). The van der Waals surface area contributed by atoms with Gasteiger partial charge in [0.1, 0.15) is 0 Å². The summed E-state index contributed by atoms with van der Waals surface area (Å²) in [5, 5.41) is 10.6. The Morgan fingerprint density at radius 3 is 1.59 bits per heavy atom. The van der Waals surface area contributed by atoms with Crippen molar-refractivity contribution in [2.45, 2.75) is 51.9 Å². The summed E-state index contributed by atoms with van der Waals surface area (Å²) in [4.78, 5) is 2.38. The lowest BCUT2D eigenvalue weighted by Crippen LogP contribution is -2.48. The average molecular weight is 297 g/mol. The highest BCUT2D eigenvalue weighted by Crippen LogP contribution is 2.23. The normalized spacial score (nSPS) is 13.3. The molecule has 22 heavy (non-hydrogen) atoms. The number of nitrogens with zero attached hydrogens (tertiary/aromatic N) is 1. The lowest BCUT2D eigenvalue weighted by atomic mass is 9.93. The fraction of sp³-hybridized carbons (Fsp3) is 0.400. The average Bonchev–Trinajstić information content (AvgIpc) is 2.48. The van der Waals surface area contributed by atoms with Gasteiger partial charge in [0.05, 0.1) is 5.60 Å². The highest BCUT2D eigenvalue weighted by atomic mass is 16.3. The minimum Gasteiger partial charge on any atom is -0.389 e. The zero-order valence-electron chi connectivity index (χ0n) is 13.9. The van der Waals surface area contributed by atoms with Gasteiger partial charge < -0.3 is 5.11 Å². The van der Waals surface area contributed by atoms with Crippen LogP contribution in [0.5, 0.6) is 0 Å². The van der Waals surface area contributed by atoms with E-state index in [1.54, 1.807) is 0 Å². The molecule has 0 unspecified atom stereocenters. The summed E-state index contributed by atoms with van der Waals surface area (Å²) in [7, 11) is 0. The molecule has 2 heteroatoms. The molecular weight excluding hydrogens is 270 g/mol. The molecule has 118 valence electrons. The van der Waals surface area contributed by atoms with E-state index in [0.717, 1.165) is 19.5 Å². The van der Waals surface area contributed by atoms with Crippen LogP contribution in [0.15, 0.2) is 60.7 Å². The molecule has 0 aliphatic carbocycles. The fourth-order valence-corrected chi connectivity index (χ4v) is 3.12. The molecule has 2 nitrogen and oxygen atoms in total. The molecule has 0 heterocycles. The second-order valence-electron chi connectivity index (χ2n) is 6.45. The Morgan fingerprint density at radius 1 is 0.864 bits per heavy atom. The number of hydrogen-bond donors (Lipinski definition) is 1. The first-order valence-corrected chi connectivity index (χ1v) is 8.05. The third-order valence-electron chi connectivity index (χ3n) is 4.10. The Labute approximate surface area is 134 Å². The van der Waals surface area contributed by atoms with Gasteiger partial charge in [0.15, 0.2) is 0 Å². The van der Waals surface area contributed by atoms with Crippen molar-refractivity contribution in [1.82, 2.24) is 4.90 Å². The molecule has 0 fully saturated rings. The smallest absolute Gasteiger partial charge is 0.0746 e. The number of benzene rings is 2. The van der Waals surface area contributed by atoms with E-state index in [2.05, 4.69) is 60.4 Å². The van der Waals surface area contributed by atoms with Crippen LogP contribution in [0.4, 0.5) is 0 Å².